The molecule has 0 radical (unpaired) electrons. The number of benzene rings is 2. The second kappa shape index (κ2) is 7.07. The van der Waals surface area contributed by atoms with Gasteiger partial charge in [-0.1, -0.05) is 36.4 Å². The van der Waals surface area contributed by atoms with E-state index in [1.54, 1.807) is 0 Å². The lowest BCUT2D eigenvalue weighted by Gasteiger charge is -2.18. The summed E-state index contributed by atoms with van der Waals surface area (Å²) in [5.74, 6) is -1.27. The van der Waals surface area contributed by atoms with Crippen molar-refractivity contribution >= 4 is 17.5 Å². The fourth-order valence-corrected chi connectivity index (χ4v) is 3.16. The molecule has 3 rings (SSSR count). The van der Waals surface area contributed by atoms with Gasteiger partial charge in [0.1, 0.15) is 0 Å². The molecule has 2 aromatic rings. The highest BCUT2D eigenvalue weighted by molar-refractivity contribution is 6.40. The standard InChI is InChI=1S/C20H22N2O3/c1-13-7-8-15-9-10-22(17(15)11-13)20(25)19(24)21-12-18(23)16-6-4-3-5-14(16)2/h3-8,11,18,23H,9-10,12H2,1-2H3,(H,21,24). The van der Waals surface area contributed by atoms with E-state index in [2.05, 4.69) is 5.32 Å². The molecule has 0 saturated carbocycles. The zero-order chi connectivity index (χ0) is 18.0. The first-order chi connectivity index (χ1) is 12.0. The molecule has 1 aliphatic heterocycles. The van der Waals surface area contributed by atoms with Crippen LogP contribution in [-0.4, -0.2) is 30.0 Å². The van der Waals surface area contributed by atoms with Crippen LogP contribution in [-0.2, 0) is 16.0 Å². The third kappa shape index (κ3) is 3.56. The fourth-order valence-electron chi connectivity index (χ4n) is 3.16. The number of aliphatic hydroxyl groups is 1. The monoisotopic (exact) mass is 338 g/mol. The van der Waals surface area contributed by atoms with Crippen LogP contribution in [0.25, 0.3) is 0 Å². The maximum absolute atomic E-state index is 12.5. The highest BCUT2D eigenvalue weighted by atomic mass is 16.3. The smallest absolute Gasteiger partial charge is 0.316 e. The van der Waals surface area contributed by atoms with Crippen LogP contribution in [0.1, 0.15) is 28.4 Å². The van der Waals surface area contributed by atoms with Crippen molar-refractivity contribution < 1.29 is 14.7 Å². The molecule has 0 fully saturated rings. The van der Waals surface area contributed by atoms with E-state index in [1.165, 1.54) is 4.90 Å². The maximum atomic E-state index is 12.5. The molecule has 2 aromatic carbocycles. The summed E-state index contributed by atoms with van der Waals surface area (Å²) in [7, 11) is 0. The van der Waals surface area contributed by atoms with Gasteiger partial charge < -0.3 is 15.3 Å². The summed E-state index contributed by atoms with van der Waals surface area (Å²) in [6.07, 6.45) is -0.0911. The zero-order valence-corrected chi connectivity index (χ0v) is 14.5. The molecule has 2 N–H and O–H groups in total. The third-order valence-electron chi connectivity index (χ3n) is 4.58. The van der Waals surface area contributed by atoms with E-state index in [0.29, 0.717) is 6.54 Å². The Bertz CT molecular complexity index is 816. The minimum Gasteiger partial charge on any atom is -0.387 e. The van der Waals surface area contributed by atoms with Crippen molar-refractivity contribution in [1.82, 2.24) is 5.32 Å². The van der Waals surface area contributed by atoms with Crippen molar-refractivity contribution in [2.45, 2.75) is 26.4 Å². The van der Waals surface area contributed by atoms with Gasteiger partial charge in [-0.05, 0) is 48.6 Å². The van der Waals surface area contributed by atoms with Gasteiger partial charge >= 0.3 is 11.8 Å². The van der Waals surface area contributed by atoms with Crippen LogP contribution < -0.4 is 10.2 Å². The molecule has 0 spiro atoms. The van der Waals surface area contributed by atoms with E-state index < -0.39 is 17.9 Å². The first-order valence-electron chi connectivity index (χ1n) is 8.40. The number of anilines is 1. The number of nitrogens with zero attached hydrogens (tertiary/aromatic N) is 1. The summed E-state index contributed by atoms with van der Waals surface area (Å²) in [5.41, 5.74) is 4.62. The van der Waals surface area contributed by atoms with Crippen LogP contribution in [0.5, 0.6) is 0 Å². The third-order valence-corrected chi connectivity index (χ3v) is 4.58. The van der Waals surface area contributed by atoms with Crippen molar-refractivity contribution in [1.29, 1.82) is 0 Å². The maximum Gasteiger partial charge on any atom is 0.316 e. The minimum absolute atomic E-state index is 0.00391. The molecule has 0 aliphatic carbocycles. The van der Waals surface area contributed by atoms with Crippen molar-refractivity contribution in [2.75, 3.05) is 18.0 Å². The summed E-state index contributed by atoms with van der Waals surface area (Å²) >= 11 is 0. The van der Waals surface area contributed by atoms with E-state index in [-0.39, 0.29) is 6.54 Å². The highest BCUT2D eigenvalue weighted by Crippen LogP contribution is 2.29. The molecule has 25 heavy (non-hydrogen) atoms. The summed E-state index contributed by atoms with van der Waals surface area (Å²) in [6, 6.07) is 13.4. The average Bonchev–Trinajstić information content (AvgIpc) is 3.02. The van der Waals surface area contributed by atoms with Gasteiger partial charge in [0, 0.05) is 18.8 Å². The van der Waals surface area contributed by atoms with E-state index in [9.17, 15) is 14.7 Å². The number of hydrogen-bond donors (Lipinski definition) is 2. The van der Waals surface area contributed by atoms with Gasteiger partial charge in [0.05, 0.1) is 6.10 Å². The Morgan fingerprint density at radius 1 is 1.20 bits per heavy atom. The van der Waals surface area contributed by atoms with Gasteiger partial charge in [-0.2, -0.15) is 0 Å². The lowest BCUT2D eigenvalue weighted by Crippen LogP contribution is -2.43. The van der Waals surface area contributed by atoms with Crippen LogP contribution in [0.4, 0.5) is 5.69 Å². The normalized spacial score (nSPS) is 14.1. The predicted molar refractivity (Wildman–Crippen MR) is 96.4 cm³/mol. The Balaban J connectivity index is 1.64. The molecule has 130 valence electrons. The Labute approximate surface area is 147 Å². The van der Waals surface area contributed by atoms with Crippen molar-refractivity contribution in [2.24, 2.45) is 0 Å². The molecule has 1 atom stereocenters. The van der Waals surface area contributed by atoms with Crippen molar-refractivity contribution in [3.05, 3.63) is 64.7 Å². The number of amides is 2. The number of aliphatic hydroxyl groups excluding tert-OH is 1. The molecular weight excluding hydrogens is 316 g/mol. The molecule has 1 aliphatic rings. The largest absolute Gasteiger partial charge is 0.387 e. The highest BCUT2D eigenvalue weighted by Gasteiger charge is 2.29. The molecule has 1 unspecified atom stereocenters. The summed E-state index contributed by atoms with van der Waals surface area (Å²) in [5, 5.41) is 12.8. The van der Waals surface area contributed by atoms with Crippen LogP contribution in [0.2, 0.25) is 0 Å². The van der Waals surface area contributed by atoms with Gasteiger partial charge in [-0.15, -0.1) is 0 Å². The Kier molecular flexibility index (Phi) is 4.86. The van der Waals surface area contributed by atoms with Crippen LogP contribution >= 0.6 is 0 Å². The summed E-state index contributed by atoms with van der Waals surface area (Å²) in [6.45, 7) is 4.37. The zero-order valence-electron chi connectivity index (χ0n) is 14.5. The van der Waals surface area contributed by atoms with Gasteiger partial charge in [0.2, 0.25) is 0 Å². The topological polar surface area (TPSA) is 69.6 Å². The average molecular weight is 338 g/mol. The number of fused-ring (bicyclic) bond motifs is 1. The number of carbonyl (C=O) groups is 2. The van der Waals surface area contributed by atoms with Crippen LogP contribution in [0, 0.1) is 13.8 Å². The number of nitrogens with one attached hydrogen (secondary N) is 1. The van der Waals surface area contributed by atoms with E-state index in [1.807, 2.05) is 56.3 Å². The van der Waals surface area contributed by atoms with Crippen LogP contribution in [0.3, 0.4) is 0 Å². The lowest BCUT2D eigenvalue weighted by molar-refractivity contribution is -0.137. The second-order valence-electron chi connectivity index (χ2n) is 6.42. The summed E-state index contributed by atoms with van der Waals surface area (Å²) in [4.78, 5) is 26.2. The molecule has 0 bridgehead atoms. The van der Waals surface area contributed by atoms with Crippen LogP contribution in [0.15, 0.2) is 42.5 Å². The SMILES string of the molecule is Cc1ccc2c(c1)N(C(=O)C(=O)NCC(O)c1ccccc1C)CC2. The quantitative estimate of drug-likeness (QED) is 0.842. The number of carbonyl (C=O) groups excluding carboxylic acids is 2. The molecular formula is C20H22N2O3. The second-order valence-corrected chi connectivity index (χ2v) is 6.42. The Hall–Kier alpha value is -2.66. The van der Waals surface area contributed by atoms with E-state index >= 15 is 0 Å². The van der Waals surface area contributed by atoms with E-state index in [4.69, 9.17) is 0 Å². The first-order valence-corrected chi connectivity index (χ1v) is 8.40. The summed E-state index contributed by atoms with van der Waals surface area (Å²) < 4.78 is 0. The first kappa shape index (κ1) is 17.2. The van der Waals surface area contributed by atoms with Gasteiger partial charge in [0.25, 0.3) is 0 Å². The van der Waals surface area contributed by atoms with Gasteiger partial charge in [-0.25, -0.2) is 0 Å². The number of aryl methyl sites for hydroxylation is 2. The molecule has 5 nitrogen and oxygen atoms in total. The number of rotatable bonds is 3. The van der Waals surface area contributed by atoms with Gasteiger partial charge in [0.15, 0.2) is 0 Å². The lowest BCUT2D eigenvalue weighted by atomic mass is 10.0. The molecule has 1 heterocycles. The Morgan fingerprint density at radius 3 is 2.72 bits per heavy atom. The van der Waals surface area contributed by atoms with E-state index in [0.717, 1.165) is 34.4 Å². The van der Waals surface area contributed by atoms with Crippen molar-refractivity contribution in [3.8, 4) is 0 Å². The number of hydrogen-bond acceptors (Lipinski definition) is 3. The Morgan fingerprint density at radius 2 is 1.96 bits per heavy atom. The van der Waals surface area contributed by atoms with Crippen molar-refractivity contribution in [3.63, 3.8) is 0 Å². The molecule has 0 saturated heterocycles. The predicted octanol–water partition coefficient (Wildman–Crippen LogP) is 2.04. The molecule has 0 aromatic heterocycles. The fraction of sp³-hybridized carbons (Fsp3) is 0.300. The molecule has 5 heteroatoms. The van der Waals surface area contributed by atoms with Gasteiger partial charge in [-0.3, -0.25) is 9.59 Å². The minimum atomic E-state index is -0.842. The molecule has 2 amide bonds.